The lowest BCUT2D eigenvalue weighted by Crippen LogP contribution is -2.41. The van der Waals surface area contributed by atoms with Crippen LogP contribution in [-0.4, -0.2) is 24.9 Å². The van der Waals surface area contributed by atoms with Crippen LogP contribution in [0.3, 0.4) is 0 Å². The van der Waals surface area contributed by atoms with Crippen molar-refractivity contribution in [1.29, 1.82) is 5.26 Å². The van der Waals surface area contributed by atoms with E-state index in [1.807, 2.05) is 0 Å². The second-order valence-electron chi connectivity index (χ2n) is 11.0. The number of fused-ring (bicyclic) bond motifs is 2. The topological polar surface area (TPSA) is 47.9 Å². The third-order valence-electron chi connectivity index (χ3n) is 9.95. The maximum atomic E-state index is 9.34. The predicted octanol–water partition coefficient (Wildman–Crippen LogP) is 5.38. The van der Waals surface area contributed by atoms with Gasteiger partial charge in [0.2, 0.25) is 0 Å². The molecular weight excluding hydrogens is 374 g/mol. The number of nitriles is 1. The molecule has 4 saturated carbocycles. The maximum absolute atomic E-state index is 9.34. The van der Waals surface area contributed by atoms with Crippen molar-refractivity contribution >= 4 is 11.9 Å². The molecule has 29 heavy (non-hydrogen) atoms. The number of hydrogen-bond donors (Lipinski definition) is 2. The van der Waals surface area contributed by atoms with Gasteiger partial charge in [0.1, 0.15) is 0 Å². The van der Waals surface area contributed by atoms with Gasteiger partial charge < -0.3 is 5.32 Å². The molecule has 0 aromatic rings. The summed E-state index contributed by atoms with van der Waals surface area (Å²) in [5, 5.41) is 13.8. The van der Waals surface area contributed by atoms with Crippen LogP contribution in [0.4, 0.5) is 0 Å². The highest BCUT2D eigenvalue weighted by molar-refractivity contribution is 7.98. The zero-order valence-corrected chi connectivity index (χ0v) is 19.1. The highest BCUT2D eigenvalue weighted by Crippen LogP contribution is 2.56. The standard InChI is InChI=1S/C25H41N3S/c1-27-23-14-18-9-10-21(23)22(18)13-19-3-2-4-20(25(19)24-11-12-28-29-24)17-7-5-16(15-26)6-8-17/h16-25,27-28H,2-14H2,1H3/t16?,17?,18?,19?,20?,21-,22+,23+,24?,25?/m1/s1. The van der Waals surface area contributed by atoms with Crippen LogP contribution in [0.25, 0.3) is 0 Å². The second-order valence-corrected chi connectivity index (χ2v) is 12.2. The summed E-state index contributed by atoms with van der Waals surface area (Å²) in [4.78, 5) is 0. The van der Waals surface area contributed by atoms with Crippen LogP contribution in [0.1, 0.15) is 77.0 Å². The summed E-state index contributed by atoms with van der Waals surface area (Å²) in [5.74, 6) is 7.06. The van der Waals surface area contributed by atoms with E-state index in [9.17, 15) is 5.26 Å². The third kappa shape index (κ3) is 4.01. The number of rotatable bonds is 5. The van der Waals surface area contributed by atoms with Crippen molar-refractivity contribution < 1.29 is 0 Å². The van der Waals surface area contributed by atoms with E-state index < -0.39 is 0 Å². The lowest BCUT2D eigenvalue weighted by atomic mass is 9.60. The van der Waals surface area contributed by atoms with E-state index in [2.05, 4.69) is 35.1 Å². The third-order valence-corrected chi connectivity index (χ3v) is 11.2. The lowest BCUT2D eigenvalue weighted by molar-refractivity contribution is 0.0562. The first-order chi connectivity index (χ1) is 14.3. The van der Waals surface area contributed by atoms with E-state index in [0.29, 0.717) is 5.92 Å². The number of nitrogens with zero attached hydrogens (tertiary/aromatic N) is 1. The molecule has 4 aliphatic carbocycles. The largest absolute Gasteiger partial charge is 0.317 e. The average Bonchev–Trinajstić information content (AvgIpc) is 3.51. The second kappa shape index (κ2) is 9.09. The van der Waals surface area contributed by atoms with Crippen LogP contribution in [0.2, 0.25) is 0 Å². The molecule has 4 heteroatoms. The fourth-order valence-electron chi connectivity index (χ4n) is 8.65. The molecule has 162 valence electrons. The molecule has 0 amide bonds. The van der Waals surface area contributed by atoms with Gasteiger partial charge in [-0.05, 0) is 113 Å². The van der Waals surface area contributed by atoms with Crippen molar-refractivity contribution in [3.05, 3.63) is 0 Å². The minimum absolute atomic E-state index is 0.346. The molecule has 0 aromatic carbocycles. The van der Waals surface area contributed by atoms with Crippen LogP contribution in [0.5, 0.6) is 0 Å². The molecular formula is C25H41N3S. The summed E-state index contributed by atoms with van der Waals surface area (Å²) < 4.78 is 3.63. The minimum Gasteiger partial charge on any atom is -0.317 e. The molecule has 2 N–H and O–H groups in total. The van der Waals surface area contributed by atoms with E-state index in [1.54, 1.807) is 0 Å². The van der Waals surface area contributed by atoms with Gasteiger partial charge in [-0.1, -0.05) is 24.8 Å². The van der Waals surface area contributed by atoms with Gasteiger partial charge in [-0.3, -0.25) is 4.72 Å². The van der Waals surface area contributed by atoms with Crippen molar-refractivity contribution in [2.45, 2.75) is 88.3 Å². The quantitative estimate of drug-likeness (QED) is 0.592. The summed E-state index contributed by atoms with van der Waals surface area (Å²) >= 11 is 2.09. The van der Waals surface area contributed by atoms with Crippen LogP contribution in [-0.2, 0) is 0 Å². The van der Waals surface area contributed by atoms with Crippen LogP contribution in [0, 0.1) is 58.7 Å². The molecule has 5 rings (SSSR count). The Hall–Kier alpha value is -0.240. The van der Waals surface area contributed by atoms with Crippen molar-refractivity contribution in [3.8, 4) is 6.07 Å². The van der Waals surface area contributed by atoms with Gasteiger partial charge in [-0.15, -0.1) is 0 Å². The summed E-state index contributed by atoms with van der Waals surface area (Å²) in [6.07, 6.45) is 16.8. The molecule has 5 unspecified atom stereocenters. The zero-order chi connectivity index (χ0) is 19.8. The number of hydrogen-bond acceptors (Lipinski definition) is 4. The summed E-state index contributed by atoms with van der Waals surface area (Å²) in [7, 11) is 2.19. The normalized spacial score (nSPS) is 49.9. The molecule has 1 saturated heterocycles. The van der Waals surface area contributed by atoms with Gasteiger partial charge in [0, 0.05) is 23.8 Å². The summed E-state index contributed by atoms with van der Waals surface area (Å²) in [6.45, 7) is 1.21. The van der Waals surface area contributed by atoms with Gasteiger partial charge in [0.05, 0.1) is 6.07 Å². The Labute approximate surface area is 182 Å². The molecule has 1 aliphatic heterocycles. The van der Waals surface area contributed by atoms with Crippen molar-refractivity contribution in [1.82, 2.24) is 10.0 Å². The fraction of sp³-hybridized carbons (Fsp3) is 0.960. The Bertz CT molecular complexity index is 589. The van der Waals surface area contributed by atoms with Gasteiger partial charge in [-0.2, -0.15) is 5.26 Å². The van der Waals surface area contributed by atoms with E-state index in [1.165, 1.54) is 83.6 Å². The molecule has 0 aromatic heterocycles. The van der Waals surface area contributed by atoms with Crippen LogP contribution in [0.15, 0.2) is 0 Å². The van der Waals surface area contributed by atoms with E-state index in [-0.39, 0.29) is 0 Å². The highest BCUT2D eigenvalue weighted by Gasteiger charge is 2.50. The van der Waals surface area contributed by atoms with Gasteiger partial charge in [-0.25, -0.2) is 0 Å². The first kappa shape index (κ1) is 20.7. The Morgan fingerprint density at radius 2 is 1.79 bits per heavy atom. The van der Waals surface area contributed by atoms with Crippen molar-refractivity contribution in [2.24, 2.45) is 47.3 Å². The predicted molar refractivity (Wildman–Crippen MR) is 121 cm³/mol. The summed E-state index contributed by atoms with van der Waals surface area (Å²) in [5.41, 5.74) is 0. The molecule has 5 fully saturated rings. The van der Waals surface area contributed by atoms with Gasteiger partial charge in [0.15, 0.2) is 0 Å². The Kier molecular flexibility index (Phi) is 6.47. The SMILES string of the molecule is CN[C@H]1CC2CC[C@@H]1[C@H]2CC1CCCC(C2CCC(C#N)CC2)C1C1CCNS1. The minimum atomic E-state index is 0.346. The zero-order valence-electron chi connectivity index (χ0n) is 18.3. The maximum Gasteiger partial charge on any atom is 0.0655 e. The van der Waals surface area contributed by atoms with Crippen LogP contribution >= 0.6 is 11.9 Å². The Morgan fingerprint density at radius 1 is 0.966 bits per heavy atom. The molecule has 2 bridgehead atoms. The molecule has 8 atom stereocenters. The molecule has 1 heterocycles. The van der Waals surface area contributed by atoms with Gasteiger partial charge >= 0.3 is 0 Å². The van der Waals surface area contributed by atoms with Crippen molar-refractivity contribution in [3.63, 3.8) is 0 Å². The van der Waals surface area contributed by atoms with Crippen molar-refractivity contribution in [2.75, 3.05) is 13.6 Å². The van der Waals surface area contributed by atoms with Crippen LogP contribution < -0.4 is 10.0 Å². The molecule has 3 nitrogen and oxygen atoms in total. The number of nitrogens with one attached hydrogen (secondary N) is 2. The van der Waals surface area contributed by atoms with Gasteiger partial charge in [0.25, 0.3) is 0 Å². The smallest absolute Gasteiger partial charge is 0.0655 e. The Morgan fingerprint density at radius 3 is 2.48 bits per heavy atom. The first-order valence-corrected chi connectivity index (χ1v) is 13.6. The highest BCUT2D eigenvalue weighted by atomic mass is 32.2. The fourth-order valence-corrected chi connectivity index (χ4v) is 9.92. The Balaban J connectivity index is 1.32. The molecule has 0 radical (unpaired) electrons. The van der Waals surface area contributed by atoms with E-state index in [4.69, 9.17) is 0 Å². The monoisotopic (exact) mass is 415 g/mol. The molecule has 0 spiro atoms. The molecule has 5 aliphatic rings. The average molecular weight is 416 g/mol. The van der Waals surface area contributed by atoms with E-state index >= 15 is 0 Å². The first-order valence-electron chi connectivity index (χ1n) is 12.7. The lowest BCUT2D eigenvalue weighted by Gasteiger charge is -2.47. The van der Waals surface area contributed by atoms with E-state index in [0.717, 1.165) is 52.7 Å². The summed E-state index contributed by atoms with van der Waals surface area (Å²) in [6, 6.07) is 3.36.